The number of nitrogens with one attached hydrogen (secondary N) is 1. The van der Waals surface area contributed by atoms with Gasteiger partial charge >= 0.3 is 0 Å². The number of carbonyl (C=O) groups is 2. The van der Waals surface area contributed by atoms with Crippen molar-refractivity contribution in [1.82, 2.24) is 4.90 Å². The van der Waals surface area contributed by atoms with Crippen LogP contribution in [0.4, 0.5) is 10.1 Å². The van der Waals surface area contributed by atoms with Gasteiger partial charge in [-0.15, -0.1) is 0 Å². The van der Waals surface area contributed by atoms with Crippen molar-refractivity contribution in [2.24, 2.45) is 0 Å². The molecular formula is C28H29FN2O3. The summed E-state index contributed by atoms with van der Waals surface area (Å²) in [7, 11) is 0. The quantitative estimate of drug-likeness (QED) is 0.534. The van der Waals surface area contributed by atoms with Crippen molar-refractivity contribution in [2.45, 2.75) is 45.8 Å². The first-order valence-corrected chi connectivity index (χ1v) is 11.6. The van der Waals surface area contributed by atoms with Gasteiger partial charge in [0.15, 0.2) is 6.10 Å². The second kappa shape index (κ2) is 10.1. The average molecular weight is 461 g/mol. The van der Waals surface area contributed by atoms with Gasteiger partial charge in [-0.2, -0.15) is 0 Å². The zero-order chi connectivity index (χ0) is 24.2. The number of nitrogens with zero attached hydrogens (tertiary/aromatic N) is 1. The molecule has 2 amide bonds. The third-order valence-electron chi connectivity index (χ3n) is 6.16. The number of hydrogen-bond acceptors (Lipinski definition) is 3. The molecule has 0 fully saturated rings. The summed E-state index contributed by atoms with van der Waals surface area (Å²) in [6.45, 7) is 6.16. The summed E-state index contributed by atoms with van der Waals surface area (Å²) < 4.78 is 19.3. The second-order valence-corrected chi connectivity index (χ2v) is 8.65. The highest BCUT2D eigenvalue weighted by Crippen LogP contribution is 2.37. The van der Waals surface area contributed by atoms with Crippen molar-refractivity contribution < 1.29 is 18.7 Å². The van der Waals surface area contributed by atoms with Gasteiger partial charge in [-0.3, -0.25) is 9.59 Å². The van der Waals surface area contributed by atoms with Crippen molar-refractivity contribution >= 4 is 17.5 Å². The topological polar surface area (TPSA) is 58.6 Å². The molecule has 5 nitrogen and oxygen atoms in total. The minimum Gasteiger partial charge on any atom is -0.481 e. The Hall–Kier alpha value is -3.67. The SMILES string of the molecule is CC[C@H](Oc1ccc2c(c1)[C@@H](c1cccc(C)c1)N(C(C)=O)CC2)C(=O)Nc1ccc(F)cc1. The minimum atomic E-state index is -0.715. The lowest BCUT2D eigenvalue weighted by molar-refractivity contribution is -0.130. The fourth-order valence-corrected chi connectivity index (χ4v) is 4.45. The van der Waals surface area contributed by atoms with Gasteiger partial charge in [0.05, 0.1) is 6.04 Å². The van der Waals surface area contributed by atoms with Crippen LogP contribution < -0.4 is 10.1 Å². The molecule has 0 bridgehead atoms. The molecule has 0 unspecified atom stereocenters. The smallest absolute Gasteiger partial charge is 0.265 e. The van der Waals surface area contributed by atoms with E-state index in [0.29, 0.717) is 24.4 Å². The zero-order valence-corrected chi connectivity index (χ0v) is 19.7. The summed E-state index contributed by atoms with van der Waals surface area (Å²) in [4.78, 5) is 27.2. The molecule has 1 aliphatic heterocycles. The van der Waals surface area contributed by atoms with Gasteiger partial charge in [-0.25, -0.2) is 4.39 Å². The highest BCUT2D eigenvalue weighted by molar-refractivity contribution is 5.94. The maximum Gasteiger partial charge on any atom is 0.265 e. The second-order valence-electron chi connectivity index (χ2n) is 8.65. The number of ether oxygens (including phenoxy) is 1. The van der Waals surface area contributed by atoms with Crippen molar-refractivity contribution in [3.63, 3.8) is 0 Å². The van der Waals surface area contributed by atoms with E-state index in [4.69, 9.17) is 4.74 Å². The molecule has 3 aromatic rings. The Balaban J connectivity index is 1.61. The van der Waals surface area contributed by atoms with Crippen LogP contribution in [0.3, 0.4) is 0 Å². The maximum absolute atomic E-state index is 13.2. The maximum atomic E-state index is 13.2. The fourth-order valence-electron chi connectivity index (χ4n) is 4.45. The molecule has 2 atom stereocenters. The molecule has 0 spiro atoms. The van der Waals surface area contributed by atoms with Crippen LogP contribution in [0, 0.1) is 12.7 Å². The molecule has 176 valence electrons. The molecule has 6 heteroatoms. The summed E-state index contributed by atoms with van der Waals surface area (Å²) in [5, 5.41) is 2.78. The van der Waals surface area contributed by atoms with Gasteiger partial charge in [0, 0.05) is 19.2 Å². The number of benzene rings is 3. The number of aryl methyl sites for hydroxylation is 1. The van der Waals surface area contributed by atoms with Crippen LogP contribution in [0.5, 0.6) is 5.75 Å². The number of halogens is 1. The predicted molar refractivity (Wildman–Crippen MR) is 130 cm³/mol. The van der Waals surface area contributed by atoms with Gasteiger partial charge in [0.25, 0.3) is 5.91 Å². The number of fused-ring (bicyclic) bond motifs is 1. The molecule has 0 aliphatic carbocycles. The van der Waals surface area contributed by atoms with Crippen LogP contribution in [-0.4, -0.2) is 29.4 Å². The normalized spacial score (nSPS) is 15.9. The van der Waals surface area contributed by atoms with Crippen LogP contribution in [0.25, 0.3) is 0 Å². The Morgan fingerprint density at radius 3 is 2.56 bits per heavy atom. The van der Waals surface area contributed by atoms with E-state index in [1.165, 1.54) is 29.8 Å². The number of carbonyl (C=O) groups excluding carboxylic acids is 2. The average Bonchev–Trinajstić information content (AvgIpc) is 2.82. The predicted octanol–water partition coefficient (Wildman–Crippen LogP) is 5.42. The molecule has 0 radical (unpaired) electrons. The van der Waals surface area contributed by atoms with Crippen molar-refractivity contribution in [3.05, 3.63) is 94.8 Å². The van der Waals surface area contributed by atoms with Crippen LogP contribution in [-0.2, 0) is 16.0 Å². The molecule has 3 aromatic carbocycles. The molecule has 0 saturated heterocycles. The zero-order valence-electron chi connectivity index (χ0n) is 19.7. The lowest BCUT2D eigenvalue weighted by atomic mass is 9.87. The van der Waals surface area contributed by atoms with Crippen LogP contribution >= 0.6 is 0 Å². The highest BCUT2D eigenvalue weighted by Gasteiger charge is 2.31. The third-order valence-corrected chi connectivity index (χ3v) is 6.16. The number of hydrogen-bond donors (Lipinski definition) is 1. The van der Waals surface area contributed by atoms with E-state index < -0.39 is 6.10 Å². The number of amides is 2. The van der Waals surface area contributed by atoms with E-state index in [9.17, 15) is 14.0 Å². The van der Waals surface area contributed by atoms with E-state index in [0.717, 1.165) is 23.1 Å². The minimum absolute atomic E-state index is 0.0218. The van der Waals surface area contributed by atoms with E-state index in [1.54, 1.807) is 6.92 Å². The van der Waals surface area contributed by atoms with E-state index in [2.05, 4.69) is 11.4 Å². The van der Waals surface area contributed by atoms with Gasteiger partial charge in [-0.1, -0.05) is 42.8 Å². The van der Waals surface area contributed by atoms with Gasteiger partial charge in [-0.05, 0) is 72.9 Å². The lowest BCUT2D eigenvalue weighted by Crippen LogP contribution is -2.39. The molecule has 1 heterocycles. The molecule has 1 N–H and O–H groups in total. The summed E-state index contributed by atoms with van der Waals surface area (Å²) in [5.74, 6) is -0.0676. The standard InChI is InChI=1S/C28H29FN2O3/c1-4-26(28(33)30-23-11-9-22(29)10-12-23)34-24-13-8-20-14-15-31(19(3)32)27(25(20)17-24)21-7-5-6-18(2)16-21/h5-13,16-17,26-27H,4,14-15H2,1-3H3,(H,30,33)/t26-,27+/m0/s1. The van der Waals surface area contributed by atoms with Crippen LogP contribution in [0.2, 0.25) is 0 Å². The van der Waals surface area contributed by atoms with Crippen molar-refractivity contribution in [3.8, 4) is 5.75 Å². The lowest BCUT2D eigenvalue weighted by Gasteiger charge is -2.37. The molecule has 34 heavy (non-hydrogen) atoms. The van der Waals surface area contributed by atoms with E-state index >= 15 is 0 Å². The van der Waals surface area contributed by atoms with Crippen molar-refractivity contribution in [1.29, 1.82) is 0 Å². The van der Waals surface area contributed by atoms with E-state index in [1.807, 2.05) is 55.1 Å². The molecular weight excluding hydrogens is 431 g/mol. The largest absolute Gasteiger partial charge is 0.481 e. The Morgan fingerprint density at radius 2 is 1.88 bits per heavy atom. The first-order chi connectivity index (χ1) is 16.4. The molecule has 0 aromatic heterocycles. The summed E-state index contributed by atoms with van der Waals surface area (Å²) in [5.41, 5.74) is 4.87. The summed E-state index contributed by atoms with van der Waals surface area (Å²) in [6, 6.07) is 19.5. The Morgan fingerprint density at radius 1 is 1.12 bits per heavy atom. The Kier molecular flexibility index (Phi) is 6.96. The third kappa shape index (κ3) is 5.11. The monoisotopic (exact) mass is 460 g/mol. The fraction of sp³-hybridized carbons (Fsp3) is 0.286. The van der Waals surface area contributed by atoms with Crippen LogP contribution in [0.1, 0.15) is 48.6 Å². The number of anilines is 1. The molecule has 0 saturated carbocycles. The molecule has 1 aliphatic rings. The first-order valence-electron chi connectivity index (χ1n) is 11.6. The van der Waals surface area contributed by atoms with Gasteiger partial charge in [0.1, 0.15) is 11.6 Å². The van der Waals surface area contributed by atoms with Crippen molar-refractivity contribution in [2.75, 3.05) is 11.9 Å². The van der Waals surface area contributed by atoms with Crippen LogP contribution in [0.15, 0.2) is 66.7 Å². The van der Waals surface area contributed by atoms with Gasteiger partial charge < -0.3 is 15.0 Å². The molecule has 4 rings (SSSR count). The Labute approximate surface area is 199 Å². The summed E-state index contributed by atoms with van der Waals surface area (Å²) >= 11 is 0. The highest BCUT2D eigenvalue weighted by atomic mass is 19.1. The Bertz CT molecular complexity index is 1190. The first kappa shape index (κ1) is 23.5. The number of rotatable bonds is 6. The van der Waals surface area contributed by atoms with Gasteiger partial charge in [0.2, 0.25) is 5.91 Å². The van der Waals surface area contributed by atoms with E-state index in [-0.39, 0.29) is 23.7 Å². The summed E-state index contributed by atoms with van der Waals surface area (Å²) in [6.07, 6.45) is 0.512.